The molecule has 3 rings (SSSR count). The van der Waals surface area contributed by atoms with E-state index < -0.39 is 11.6 Å². The molecule has 7 heteroatoms. The molecular weight excluding hydrogens is 318 g/mol. The number of nitrogens with one attached hydrogen (secondary N) is 1. The Hall–Kier alpha value is -2.15. The summed E-state index contributed by atoms with van der Waals surface area (Å²) in [5.74, 6) is -0.680. The van der Waals surface area contributed by atoms with Gasteiger partial charge in [0, 0.05) is 12.0 Å². The third-order valence-corrected chi connectivity index (χ3v) is 5.03. The highest BCUT2D eigenvalue weighted by molar-refractivity contribution is 7.22. The van der Waals surface area contributed by atoms with Crippen LogP contribution in [0, 0.1) is 5.92 Å². The molecule has 0 unspecified atom stereocenters. The minimum atomic E-state index is -0.743. The zero-order chi connectivity index (χ0) is 16.4. The molecule has 1 aliphatic rings. The van der Waals surface area contributed by atoms with E-state index in [1.165, 1.54) is 30.9 Å². The van der Waals surface area contributed by atoms with Crippen molar-refractivity contribution < 1.29 is 18.7 Å². The maximum absolute atomic E-state index is 12.3. The zero-order valence-electron chi connectivity index (χ0n) is 12.7. The first-order chi connectivity index (χ1) is 11.1. The number of fused-ring (bicyclic) bond motifs is 1. The predicted molar refractivity (Wildman–Crippen MR) is 86.9 cm³/mol. The van der Waals surface area contributed by atoms with Crippen LogP contribution in [0.4, 0.5) is 5.00 Å². The Morgan fingerprint density at radius 1 is 1.26 bits per heavy atom. The molecule has 6 nitrogen and oxygen atoms in total. The molecule has 2 aromatic heterocycles. The largest absolute Gasteiger partial charge is 0.465 e. The van der Waals surface area contributed by atoms with Crippen LogP contribution in [0.15, 0.2) is 21.3 Å². The number of esters is 1. The molecule has 1 aliphatic carbocycles. The van der Waals surface area contributed by atoms with Crippen molar-refractivity contribution in [2.24, 2.45) is 5.92 Å². The lowest BCUT2D eigenvalue weighted by Gasteiger charge is -2.20. The molecule has 1 amide bonds. The molecule has 0 spiro atoms. The van der Waals surface area contributed by atoms with Gasteiger partial charge in [0.1, 0.15) is 5.56 Å². The van der Waals surface area contributed by atoms with Gasteiger partial charge < -0.3 is 14.5 Å². The molecule has 0 atom stereocenters. The molecule has 2 aromatic rings. The Morgan fingerprint density at radius 3 is 2.70 bits per heavy atom. The molecule has 23 heavy (non-hydrogen) atoms. The van der Waals surface area contributed by atoms with Gasteiger partial charge >= 0.3 is 11.6 Å². The van der Waals surface area contributed by atoms with Gasteiger partial charge in [-0.25, -0.2) is 9.59 Å². The fourth-order valence-electron chi connectivity index (χ4n) is 2.82. The molecule has 0 bridgehead atoms. The van der Waals surface area contributed by atoms with Crippen LogP contribution in [0.5, 0.6) is 0 Å². The number of hydrogen-bond donors (Lipinski definition) is 1. The van der Waals surface area contributed by atoms with Gasteiger partial charge in [-0.05, 0) is 18.9 Å². The second-order valence-electron chi connectivity index (χ2n) is 5.60. The summed E-state index contributed by atoms with van der Waals surface area (Å²) in [5, 5.41) is 3.50. The average molecular weight is 335 g/mol. The van der Waals surface area contributed by atoms with Crippen LogP contribution < -0.4 is 10.9 Å². The molecule has 122 valence electrons. The van der Waals surface area contributed by atoms with Gasteiger partial charge in [-0.2, -0.15) is 0 Å². The minimum absolute atomic E-state index is 0.00629. The third-order valence-electron chi connectivity index (χ3n) is 4.05. The lowest BCUT2D eigenvalue weighted by Crippen LogP contribution is -2.24. The van der Waals surface area contributed by atoms with Gasteiger partial charge in [0.05, 0.1) is 16.8 Å². The van der Waals surface area contributed by atoms with Gasteiger partial charge in [-0.1, -0.05) is 19.3 Å². The van der Waals surface area contributed by atoms with Crippen molar-refractivity contribution in [3.63, 3.8) is 0 Å². The summed E-state index contributed by atoms with van der Waals surface area (Å²) in [7, 11) is 1.20. The highest BCUT2D eigenvalue weighted by atomic mass is 32.1. The van der Waals surface area contributed by atoms with Crippen molar-refractivity contribution in [2.75, 3.05) is 12.4 Å². The van der Waals surface area contributed by atoms with Crippen LogP contribution in [0.2, 0.25) is 0 Å². The number of ether oxygens (including phenoxy) is 1. The van der Waals surface area contributed by atoms with E-state index >= 15 is 0 Å². The summed E-state index contributed by atoms with van der Waals surface area (Å²) in [4.78, 5) is 35.5. The van der Waals surface area contributed by atoms with Crippen molar-refractivity contribution in [1.82, 2.24) is 0 Å². The van der Waals surface area contributed by atoms with Crippen LogP contribution in [0.3, 0.4) is 0 Å². The Morgan fingerprint density at radius 2 is 2.00 bits per heavy atom. The van der Waals surface area contributed by atoms with Crippen LogP contribution in [-0.2, 0) is 9.53 Å². The first kappa shape index (κ1) is 15.7. The van der Waals surface area contributed by atoms with Crippen LogP contribution in [-0.4, -0.2) is 19.0 Å². The normalized spacial score (nSPS) is 15.5. The second kappa shape index (κ2) is 6.54. The fourth-order valence-corrected chi connectivity index (χ4v) is 3.75. The van der Waals surface area contributed by atoms with Gasteiger partial charge in [0.2, 0.25) is 5.91 Å². The quantitative estimate of drug-likeness (QED) is 0.871. The van der Waals surface area contributed by atoms with E-state index in [9.17, 15) is 14.4 Å². The van der Waals surface area contributed by atoms with Gasteiger partial charge in [0.15, 0.2) is 5.58 Å². The molecule has 0 aromatic carbocycles. The summed E-state index contributed by atoms with van der Waals surface area (Å²) in [6.07, 6.45) is 5.19. The smallest absolute Gasteiger partial charge is 0.351 e. The van der Waals surface area contributed by atoms with E-state index in [2.05, 4.69) is 10.1 Å². The van der Waals surface area contributed by atoms with Crippen LogP contribution >= 0.6 is 11.3 Å². The maximum atomic E-state index is 12.3. The van der Waals surface area contributed by atoms with E-state index in [4.69, 9.17) is 4.42 Å². The van der Waals surface area contributed by atoms with E-state index in [0.717, 1.165) is 25.7 Å². The number of methoxy groups -OCH3 is 1. The van der Waals surface area contributed by atoms with Crippen molar-refractivity contribution >= 4 is 38.5 Å². The molecule has 1 N–H and O–H groups in total. The number of thiophene rings is 1. The third kappa shape index (κ3) is 3.29. The topological polar surface area (TPSA) is 85.6 Å². The van der Waals surface area contributed by atoms with E-state index in [-0.39, 0.29) is 17.4 Å². The number of amides is 1. The summed E-state index contributed by atoms with van der Waals surface area (Å²) in [6.45, 7) is 0. The van der Waals surface area contributed by atoms with E-state index in [1.807, 2.05) is 0 Å². The van der Waals surface area contributed by atoms with Crippen molar-refractivity contribution in [2.45, 2.75) is 32.1 Å². The van der Waals surface area contributed by atoms with E-state index in [0.29, 0.717) is 15.3 Å². The average Bonchev–Trinajstić information content (AvgIpc) is 2.95. The van der Waals surface area contributed by atoms with Crippen molar-refractivity contribution in [1.29, 1.82) is 0 Å². The van der Waals surface area contributed by atoms with Gasteiger partial charge in [0.25, 0.3) is 0 Å². The SMILES string of the molecule is COC(=O)c1cc2sc(NC(=O)C3CCCCC3)cc2oc1=O. The Labute approximate surface area is 136 Å². The number of hydrogen-bond acceptors (Lipinski definition) is 6. The Bertz CT molecular complexity index is 800. The number of carbonyl (C=O) groups excluding carboxylic acids is 2. The van der Waals surface area contributed by atoms with Crippen molar-refractivity contribution in [3.8, 4) is 0 Å². The summed E-state index contributed by atoms with van der Waals surface area (Å²) >= 11 is 1.27. The molecule has 1 fully saturated rings. The molecule has 1 saturated carbocycles. The van der Waals surface area contributed by atoms with Crippen LogP contribution in [0.25, 0.3) is 10.3 Å². The first-order valence-electron chi connectivity index (χ1n) is 7.55. The highest BCUT2D eigenvalue weighted by Gasteiger charge is 2.22. The number of rotatable bonds is 3. The standard InChI is InChI=1S/C16H17NO5S/c1-21-15(19)10-7-12-11(22-16(10)20)8-13(23-12)17-14(18)9-5-3-2-4-6-9/h7-9H,2-6H2,1H3,(H,17,18). The van der Waals surface area contributed by atoms with Crippen LogP contribution in [0.1, 0.15) is 42.5 Å². The molecule has 0 saturated heterocycles. The summed E-state index contributed by atoms with van der Waals surface area (Å²) < 4.78 is 10.3. The first-order valence-corrected chi connectivity index (χ1v) is 8.37. The lowest BCUT2D eigenvalue weighted by molar-refractivity contribution is -0.120. The zero-order valence-corrected chi connectivity index (χ0v) is 13.5. The molecule has 0 radical (unpaired) electrons. The fraction of sp³-hybridized carbons (Fsp3) is 0.438. The number of carbonyl (C=O) groups is 2. The molecule has 0 aliphatic heterocycles. The lowest BCUT2D eigenvalue weighted by atomic mass is 9.89. The summed E-state index contributed by atoms with van der Waals surface area (Å²) in [6, 6.07) is 3.05. The minimum Gasteiger partial charge on any atom is -0.465 e. The van der Waals surface area contributed by atoms with Gasteiger partial charge in [-0.15, -0.1) is 11.3 Å². The van der Waals surface area contributed by atoms with E-state index in [1.54, 1.807) is 6.07 Å². The highest BCUT2D eigenvalue weighted by Crippen LogP contribution is 2.31. The van der Waals surface area contributed by atoms with Crippen molar-refractivity contribution in [3.05, 3.63) is 28.1 Å². The maximum Gasteiger partial charge on any atom is 0.351 e. The number of anilines is 1. The predicted octanol–water partition coefficient (Wildman–Crippen LogP) is 3.16. The monoisotopic (exact) mass is 335 g/mol. The Kier molecular flexibility index (Phi) is 4.47. The molecular formula is C16H17NO5S. The summed E-state index contributed by atoms with van der Waals surface area (Å²) in [5.41, 5.74) is -0.536. The second-order valence-corrected chi connectivity index (χ2v) is 6.69. The van der Waals surface area contributed by atoms with Gasteiger partial charge in [-0.3, -0.25) is 4.79 Å². The Balaban J connectivity index is 1.83. The molecule has 2 heterocycles.